The molecule has 0 aliphatic rings. The second kappa shape index (κ2) is 16.2. The van der Waals surface area contributed by atoms with Crippen LogP contribution in [0.2, 0.25) is 0 Å². The molecule has 8 nitrogen and oxygen atoms in total. The largest absolute Gasteiger partial charge is 0.508 e. The molecule has 0 aliphatic heterocycles. The Morgan fingerprint density at radius 3 is 2.02 bits per heavy atom. The third-order valence-electron chi connectivity index (χ3n) is 6.57. The van der Waals surface area contributed by atoms with E-state index in [-0.39, 0.29) is 24.0 Å². The summed E-state index contributed by atoms with van der Waals surface area (Å²) in [5, 5.41) is 15.8. The van der Waals surface area contributed by atoms with Crippen molar-refractivity contribution in [2.45, 2.75) is 117 Å². The summed E-state index contributed by atoms with van der Waals surface area (Å²) >= 11 is 0. The zero-order chi connectivity index (χ0) is 31.3. The minimum absolute atomic E-state index is 0.0658. The molecule has 232 valence electrons. The number of carbonyl (C=O) groups excluding carboxylic acids is 3. The van der Waals surface area contributed by atoms with E-state index in [1.807, 2.05) is 51.1 Å². The highest BCUT2D eigenvalue weighted by Gasteiger charge is 2.37. The molecule has 0 bridgehead atoms. The summed E-state index contributed by atoms with van der Waals surface area (Å²) in [6, 6.07) is 13.9. The number of hydrogen-bond donors (Lipinski definition) is 3. The van der Waals surface area contributed by atoms with Gasteiger partial charge in [-0.15, -0.1) is 0 Å². The topological polar surface area (TPSA) is 108 Å². The number of benzene rings is 2. The fraction of sp³-hybridized carbons (Fsp3) is 0.559. The van der Waals surface area contributed by atoms with E-state index in [4.69, 9.17) is 4.74 Å². The maximum atomic E-state index is 14.5. The average molecular weight is 582 g/mol. The summed E-state index contributed by atoms with van der Waals surface area (Å²) in [6.07, 6.45) is 5.60. The average Bonchev–Trinajstić information content (AvgIpc) is 2.88. The first kappa shape index (κ1) is 34.7. The third-order valence-corrected chi connectivity index (χ3v) is 6.57. The number of phenols is 1. The van der Waals surface area contributed by atoms with Gasteiger partial charge in [0.25, 0.3) is 0 Å². The first-order valence-electron chi connectivity index (χ1n) is 15.1. The third kappa shape index (κ3) is 12.5. The number of carbonyl (C=O) groups is 3. The van der Waals surface area contributed by atoms with Crippen molar-refractivity contribution in [3.05, 3.63) is 65.7 Å². The van der Waals surface area contributed by atoms with Gasteiger partial charge in [-0.3, -0.25) is 9.59 Å². The Kier molecular flexibility index (Phi) is 13.4. The van der Waals surface area contributed by atoms with Gasteiger partial charge >= 0.3 is 6.09 Å². The Bertz CT molecular complexity index is 1120. The number of hydrogen-bond acceptors (Lipinski definition) is 5. The molecule has 2 rings (SSSR count). The minimum Gasteiger partial charge on any atom is -0.508 e. The number of nitrogens with one attached hydrogen (secondary N) is 2. The van der Waals surface area contributed by atoms with E-state index in [1.54, 1.807) is 37.8 Å². The molecule has 2 atom stereocenters. The fourth-order valence-electron chi connectivity index (χ4n) is 4.70. The van der Waals surface area contributed by atoms with Crippen LogP contribution in [0.5, 0.6) is 5.75 Å². The van der Waals surface area contributed by atoms with Crippen LogP contribution in [0, 0.1) is 0 Å². The minimum atomic E-state index is -0.968. The van der Waals surface area contributed by atoms with Crippen LogP contribution in [0.15, 0.2) is 54.6 Å². The molecule has 0 radical (unpaired) electrons. The van der Waals surface area contributed by atoms with Gasteiger partial charge in [-0.2, -0.15) is 0 Å². The van der Waals surface area contributed by atoms with Crippen molar-refractivity contribution in [2.75, 3.05) is 6.54 Å². The van der Waals surface area contributed by atoms with E-state index in [1.165, 1.54) is 12.1 Å². The van der Waals surface area contributed by atoms with E-state index < -0.39 is 29.3 Å². The van der Waals surface area contributed by atoms with Gasteiger partial charge in [0, 0.05) is 18.5 Å². The number of phenolic OH excluding ortho intramolecular Hbond substituents is 1. The normalized spacial score (nSPS) is 13.1. The molecular formula is C34H51N3O5. The van der Waals surface area contributed by atoms with Crippen LogP contribution in [0.25, 0.3) is 0 Å². The molecule has 2 aromatic rings. The van der Waals surface area contributed by atoms with Crippen LogP contribution in [-0.4, -0.2) is 51.6 Å². The van der Waals surface area contributed by atoms with Gasteiger partial charge in [-0.1, -0.05) is 81.5 Å². The predicted molar refractivity (Wildman–Crippen MR) is 167 cm³/mol. The maximum Gasteiger partial charge on any atom is 0.408 e. The lowest BCUT2D eigenvalue weighted by atomic mass is 9.98. The molecule has 0 saturated heterocycles. The molecule has 0 aliphatic carbocycles. The molecule has 8 heteroatoms. The number of rotatable bonds is 14. The van der Waals surface area contributed by atoms with E-state index in [2.05, 4.69) is 17.6 Å². The lowest BCUT2D eigenvalue weighted by Gasteiger charge is -2.36. The quantitative estimate of drug-likeness (QED) is 0.216. The lowest BCUT2D eigenvalue weighted by molar-refractivity contribution is -0.143. The molecule has 2 aromatic carbocycles. The Hall–Kier alpha value is -3.55. The highest BCUT2D eigenvalue weighted by atomic mass is 16.6. The molecular weight excluding hydrogens is 530 g/mol. The molecule has 2 unspecified atom stereocenters. The number of amides is 3. The summed E-state index contributed by atoms with van der Waals surface area (Å²) < 4.78 is 5.52. The van der Waals surface area contributed by atoms with E-state index in [0.29, 0.717) is 18.5 Å². The SMILES string of the molecule is CCCCCCCCN(C(=O)C(Cc1ccccc1)NC(=O)OC(C)(C)C)C(C(=O)NC(C)(C)C)c1ccc(O)cc1. The Labute approximate surface area is 252 Å². The molecule has 3 N–H and O–H groups in total. The van der Waals surface area contributed by atoms with Crippen LogP contribution in [0.3, 0.4) is 0 Å². The molecule has 42 heavy (non-hydrogen) atoms. The Morgan fingerprint density at radius 2 is 1.45 bits per heavy atom. The van der Waals surface area contributed by atoms with E-state index in [9.17, 15) is 19.5 Å². The van der Waals surface area contributed by atoms with Crippen molar-refractivity contribution in [3.63, 3.8) is 0 Å². The Balaban J connectivity index is 2.52. The highest BCUT2D eigenvalue weighted by molar-refractivity contribution is 5.92. The first-order valence-corrected chi connectivity index (χ1v) is 15.1. The van der Waals surface area contributed by atoms with Gasteiger partial charge in [-0.25, -0.2) is 4.79 Å². The zero-order valence-corrected chi connectivity index (χ0v) is 26.5. The maximum absolute atomic E-state index is 14.5. The number of aromatic hydroxyl groups is 1. The van der Waals surface area contributed by atoms with Crippen LogP contribution >= 0.6 is 0 Å². The van der Waals surface area contributed by atoms with Gasteiger partial charge in [0.15, 0.2) is 0 Å². The molecule has 0 aromatic heterocycles. The van der Waals surface area contributed by atoms with Gasteiger partial charge in [0.1, 0.15) is 23.4 Å². The number of unbranched alkanes of at least 4 members (excludes halogenated alkanes) is 5. The smallest absolute Gasteiger partial charge is 0.408 e. The fourth-order valence-corrected chi connectivity index (χ4v) is 4.70. The standard InChI is InChI=1S/C34H51N3O5/c1-8-9-10-11-12-16-23-37(29(30(39)36-33(2,3)4)26-19-21-27(38)22-20-26)31(40)28(24-25-17-14-13-15-18-25)35-32(41)42-34(5,6)7/h13-15,17-22,28-29,38H,8-12,16,23-24H2,1-7H3,(H,35,41)(H,36,39). The summed E-state index contributed by atoms with van der Waals surface area (Å²) in [6.45, 7) is 13.5. The molecule has 0 saturated carbocycles. The highest BCUT2D eigenvalue weighted by Crippen LogP contribution is 2.27. The van der Waals surface area contributed by atoms with Gasteiger partial charge < -0.3 is 25.4 Å². The summed E-state index contributed by atoms with van der Waals surface area (Å²) in [4.78, 5) is 42.9. The van der Waals surface area contributed by atoms with Crippen molar-refractivity contribution in [1.82, 2.24) is 15.5 Å². The predicted octanol–water partition coefficient (Wildman–Crippen LogP) is 6.67. The number of nitrogens with zero attached hydrogens (tertiary/aromatic N) is 1. The van der Waals surface area contributed by atoms with Crippen molar-refractivity contribution in [2.24, 2.45) is 0 Å². The van der Waals surface area contributed by atoms with Gasteiger partial charge in [0.2, 0.25) is 11.8 Å². The summed E-state index contributed by atoms with van der Waals surface area (Å²) in [5.41, 5.74) is 0.152. The van der Waals surface area contributed by atoms with Crippen molar-refractivity contribution >= 4 is 17.9 Å². The van der Waals surface area contributed by atoms with Crippen LogP contribution in [0.1, 0.15) is 104 Å². The van der Waals surface area contributed by atoms with E-state index >= 15 is 0 Å². The molecule has 0 heterocycles. The number of alkyl carbamates (subject to hydrolysis) is 1. The van der Waals surface area contributed by atoms with Crippen molar-refractivity contribution < 1.29 is 24.2 Å². The van der Waals surface area contributed by atoms with Crippen LogP contribution in [-0.2, 0) is 20.7 Å². The first-order chi connectivity index (χ1) is 19.7. The molecule has 0 fully saturated rings. The van der Waals surface area contributed by atoms with Crippen LogP contribution < -0.4 is 10.6 Å². The number of ether oxygens (including phenoxy) is 1. The molecule has 0 spiro atoms. The summed E-state index contributed by atoms with van der Waals surface area (Å²) in [7, 11) is 0. The van der Waals surface area contributed by atoms with Crippen molar-refractivity contribution in [3.8, 4) is 5.75 Å². The van der Waals surface area contributed by atoms with E-state index in [0.717, 1.165) is 37.7 Å². The van der Waals surface area contributed by atoms with Gasteiger partial charge in [0.05, 0.1) is 0 Å². The lowest BCUT2D eigenvalue weighted by Crippen LogP contribution is -2.55. The summed E-state index contributed by atoms with van der Waals surface area (Å²) in [5.74, 6) is -0.639. The zero-order valence-electron chi connectivity index (χ0n) is 26.5. The monoisotopic (exact) mass is 581 g/mol. The second-order valence-electron chi connectivity index (χ2n) is 12.9. The van der Waals surface area contributed by atoms with Crippen molar-refractivity contribution in [1.29, 1.82) is 0 Å². The van der Waals surface area contributed by atoms with Gasteiger partial charge in [-0.05, 0) is 71.2 Å². The van der Waals surface area contributed by atoms with Crippen LogP contribution in [0.4, 0.5) is 4.79 Å². The Morgan fingerprint density at radius 1 is 0.857 bits per heavy atom. The molecule has 3 amide bonds. The second-order valence-corrected chi connectivity index (χ2v) is 12.9.